The Hall–Kier alpha value is -3.12. The van der Waals surface area contributed by atoms with Gasteiger partial charge in [-0.2, -0.15) is 0 Å². The molecule has 2 heterocycles. The summed E-state index contributed by atoms with van der Waals surface area (Å²) in [4.78, 5) is 26.0. The number of fused-ring (bicyclic) bond motifs is 2. The Labute approximate surface area is 193 Å². The molecule has 1 aliphatic rings. The van der Waals surface area contributed by atoms with Crippen LogP contribution < -0.4 is 10.3 Å². The van der Waals surface area contributed by atoms with E-state index in [1.54, 1.807) is 10.6 Å². The van der Waals surface area contributed by atoms with Crippen molar-refractivity contribution in [1.29, 1.82) is 0 Å². The Morgan fingerprint density at radius 1 is 1.18 bits per heavy atom. The topological polar surface area (TPSA) is 77.8 Å². The van der Waals surface area contributed by atoms with E-state index in [2.05, 4.69) is 0 Å². The van der Waals surface area contributed by atoms with Crippen molar-refractivity contribution in [1.82, 2.24) is 4.57 Å². The van der Waals surface area contributed by atoms with Crippen LogP contribution in [-0.4, -0.2) is 27.9 Å². The number of hydrogen-bond acceptors (Lipinski definition) is 4. The number of pyridine rings is 1. The lowest BCUT2D eigenvalue weighted by Gasteiger charge is -2.30. The third-order valence-electron chi connectivity index (χ3n) is 6.13. The van der Waals surface area contributed by atoms with Crippen molar-refractivity contribution in [2.24, 2.45) is 0 Å². The Kier molecular flexibility index (Phi) is 6.06. The molecule has 0 aliphatic carbocycles. The first-order valence-corrected chi connectivity index (χ1v) is 11.5. The predicted octanol–water partition coefficient (Wildman–Crippen LogP) is 5.26. The van der Waals surface area contributed by atoms with E-state index in [9.17, 15) is 14.7 Å². The summed E-state index contributed by atoms with van der Waals surface area (Å²) in [5.74, 6) is -0.250. The average Bonchev–Trinajstić information content (AvgIpc) is 2.78. The highest BCUT2D eigenvalue weighted by molar-refractivity contribution is 5.99. The molecule has 0 spiro atoms. The van der Waals surface area contributed by atoms with Crippen molar-refractivity contribution in [3.63, 3.8) is 0 Å². The monoisotopic (exact) mass is 449 g/mol. The van der Waals surface area contributed by atoms with Crippen LogP contribution in [0.5, 0.6) is 5.75 Å². The number of rotatable bonds is 5. The van der Waals surface area contributed by atoms with Crippen LogP contribution in [0.1, 0.15) is 57.0 Å². The molecule has 1 N–H and O–H groups in total. The zero-order valence-corrected chi connectivity index (χ0v) is 19.9. The van der Waals surface area contributed by atoms with Crippen LogP contribution in [0.2, 0.25) is 0 Å². The predicted molar refractivity (Wildman–Crippen MR) is 129 cm³/mol. The Balaban J connectivity index is 2.15. The number of nitrogens with zero attached hydrogens (tertiary/aromatic N) is 1. The molecule has 0 radical (unpaired) electrons. The molecule has 1 atom stereocenters. The van der Waals surface area contributed by atoms with E-state index in [0.717, 1.165) is 46.2 Å². The van der Waals surface area contributed by atoms with Gasteiger partial charge in [0, 0.05) is 17.5 Å². The van der Waals surface area contributed by atoms with Crippen LogP contribution >= 0.6 is 0 Å². The van der Waals surface area contributed by atoms with Crippen molar-refractivity contribution >= 4 is 16.7 Å². The fourth-order valence-corrected chi connectivity index (χ4v) is 4.74. The highest BCUT2D eigenvalue weighted by Crippen LogP contribution is 2.41. The minimum Gasteiger partial charge on any atom is -0.493 e. The number of aromatic nitrogens is 1. The maximum atomic E-state index is 13.5. The zero-order valence-electron chi connectivity index (χ0n) is 19.9. The van der Waals surface area contributed by atoms with Crippen molar-refractivity contribution in [3.05, 3.63) is 63.6 Å². The lowest BCUT2D eigenvalue weighted by Crippen LogP contribution is -2.33. The normalized spacial score (nSPS) is 14.6. The van der Waals surface area contributed by atoms with Crippen LogP contribution in [0.15, 0.2) is 41.2 Å². The van der Waals surface area contributed by atoms with Crippen molar-refractivity contribution < 1.29 is 19.4 Å². The summed E-state index contributed by atoms with van der Waals surface area (Å²) in [6, 6.07) is 11.3. The number of benzene rings is 2. The number of hydrogen-bond donors (Lipinski definition) is 1. The molecule has 0 saturated carbocycles. The van der Waals surface area contributed by atoms with E-state index in [1.165, 1.54) is 0 Å². The van der Waals surface area contributed by atoms with Crippen LogP contribution in [0, 0.1) is 6.92 Å². The van der Waals surface area contributed by atoms with Gasteiger partial charge in [-0.25, -0.2) is 4.79 Å². The molecule has 6 heteroatoms. The molecule has 0 amide bonds. The number of aliphatic carboxylic acids is 1. The van der Waals surface area contributed by atoms with Gasteiger partial charge in [0.05, 0.1) is 17.9 Å². The number of ether oxygens (including phenoxy) is 2. The maximum Gasteiger partial charge on any atom is 0.339 e. The first kappa shape index (κ1) is 23.1. The van der Waals surface area contributed by atoms with Crippen molar-refractivity contribution in [2.45, 2.75) is 65.7 Å². The first-order chi connectivity index (χ1) is 15.6. The Bertz CT molecular complexity index is 1280. The quantitative estimate of drug-likeness (QED) is 0.575. The van der Waals surface area contributed by atoms with Crippen molar-refractivity contribution in [3.8, 4) is 16.9 Å². The molecule has 33 heavy (non-hydrogen) atoms. The SMILES string of the molecule is CCn1c(C(OC(C)(C)C)C(=O)O)c(-c2ccc3c(c2C)CCCO3)c2ccccc2c1=O. The molecule has 0 saturated heterocycles. The third kappa shape index (κ3) is 4.15. The Morgan fingerprint density at radius 3 is 2.52 bits per heavy atom. The van der Waals surface area contributed by atoms with E-state index in [-0.39, 0.29) is 5.56 Å². The third-order valence-corrected chi connectivity index (χ3v) is 6.13. The summed E-state index contributed by atoms with van der Waals surface area (Å²) in [6.07, 6.45) is 0.532. The molecule has 0 bridgehead atoms. The second-order valence-electron chi connectivity index (χ2n) is 9.47. The summed E-state index contributed by atoms with van der Waals surface area (Å²) >= 11 is 0. The lowest BCUT2D eigenvalue weighted by molar-refractivity contribution is -0.161. The summed E-state index contributed by atoms with van der Waals surface area (Å²) in [5.41, 5.74) is 3.25. The minimum atomic E-state index is -1.30. The lowest BCUT2D eigenvalue weighted by atomic mass is 9.88. The highest BCUT2D eigenvalue weighted by Gasteiger charge is 2.34. The molecule has 6 nitrogen and oxygen atoms in total. The average molecular weight is 450 g/mol. The summed E-state index contributed by atoms with van der Waals surface area (Å²) in [6.45, 7) is 10.4. The van der Waals surface area contributed by atoms with Gasteiger partial charge in [-0.05, 0) is 81.7 Å². The van der Waals surface area contributed by atoms with Crippen LogP contribution in [0.4, 0.5) is 0 Å². The van der Waals surface area contributed by atoms with E-state index in [4.69, 9.17) is 9.47 Å². The van der Waals surface area contributed by atoms with Crippen LogP contribution in [-0.2, 0) is 22.5 Å². The van der Waals surface area contributed by atoms with Gasteiger partial charge in [0.2, 0.25) is 0 Å². The van der Waals surface area contributed by atoms with E-state index < -0.39 is 17.7 Å². The molecule has 1 unspecified atom stereocenters. The molecule has 174 valence electrons. The summed E-state index contributed by atoms with van der Waals surface area (Å²) in [7, 11) is 0. The Morgan fingerprint density at radius 2 is 1.88 bits per heavy atom. The molecule has 0 fully saturated rings. The fraction of sp³-hybridized carbons (Fsp3) is 0.407. The second kappa shape index (κ2) is 8.67. The molecule has 2 aromatic carbocycles. The molecular formula is C27H31NO5. The van der Waals surface area contributed by atoms with E-state index in [0.29, 0.717) is 24.2 Å². The van der Waals surface area contributed by atoms with Gasteiger partial charge >= 0.3 is 5.97 Å². The van der Waals surface area contributed by atoms with E-state index >= 15 is 0 Å². The minimum absolute atomic E-state index is 0.213. The smallest absolute Gasteiger partial charge is 0.339 e. The summed E-state index contributed by atoms with van der Waals surface area (Å²) in [5, 5.41) is 11.5. The maximum absolute atomic E-state index is 13.5. The van der Waals surface area contributed by atoms with Gasteiger partial charge in [0.25, 0.3) is 5.56 Å². The highest BCUT2D eigenvalue weighted by atomic mass is 16.5. The van der Waals surface area contributed by atoms with Crippen molar-refractivity contribution in [2.75, 3.05) is 6.61 Å². The van der Waals surface area contributed by atoms with Gasteiger partial charge in [-0.15, -0.1) is 0 Å². The largest absolute Gasteiger partial charge is 0.493 e. The van der Waals surface area contributed by atoms with E-state index in [1.807, 2.05) is 65.0 Å². The standard InChI is InChI=1S/C27H31NO5/c1-6-28-23(24(26(30)31)33-27(3,4)5)22(19-10-7-8-11-20(19)25(28)29)18-13-14-21-17(16(18)2)12-9-15-32-21/h7-8,10-11,13-14,24H,6,9,12,15H2,1-5H3,(H,30,31). The molecular weight excluding hydrogens is 418 g/mol. The van der Waals surface area contributed by atoms with Crippen LogP contribution in [0.3, 0.4) is 0 Å². The molecule has 1 aromatic heterocycles. The molecule has 3 aromatic rings. The zero-order chi connectivity index (χ0) is 23.9. The molecule has 1 aliphatic heterocycles. The first-order valence-electron chi connectivity index (χ1n) is 11.5. The summed E-state index contributed by atoms with van der Waals surface area (Å²) < 4.78 is 13.5. The van der Waals surface area contributed by atoms with Gasteiger partial charge in [-0.1, -0.05) is 24.3 Å². The number of carboxylic acids is 1. The number of carbonyl (C=O) groups is 1. The van der Waals surface area contributed by atoms with Gasteiger partial charge < -0.3 is 19.1 Å². The number of carboxylic acid groups (broad SMARTS) is 1. The van der Waals surface area contributed by atoms with Crippen LogP contribution in [0.25, 0.3) is 21.9 Å². The second-order valence-corrected chi connectivity index (χ2v) is 9.47. The van der Waals surface area contributed by atoms with Gasteiger partial charge in [0.15, 0.2) is 6.10 Å². The van der Waals surface area contributed by atoms with Gasteiger partial charge in [0.1, 0.15) is 5.75 Å². The molecule has 4 rings (SSSR count). The van der Waals surface area contributed by atoms with Gasteiger partial charge in [-0.3, -0.25) is 4.79 Å². The fourth-order valence-electron chi connectivity index (χ4n) is 4.74.